The summed E-state index contributed by atoms with van der Waals surface area (Å²) >= 11 is 1.64. The molecule has 0 spiro atoms. The zero-order valence-electron chi connectivity index (χ0n) is 12.0. The van der Waals surface area contributed by atoms with E-state index in [9.17, 15) is 0 Å². The Labute approximate surface area is 128 Å². The number of hydrogen-bond acceptors (Lipinski definition) is 4. The van der Waals surface area contributed by atoms with Gasteiger partial charge in [0, 0.05) is 5.75 Å². The Balaban J connectivity index is 1.78. The van der Waals surface area contributed by atoms with E-state index in [1.165, 1.54) is 16.7 Å². The number of rotatable bonds is 4. The van der Waals surface area contributed by atoms with Gasteiger partial charge in [0.15, 0.2) is 0 Å². The third kappa shape index (κ3) is 3.31. The van der Waals surface area contributed by atoms with Crippen molar-refractivity contribution in [2.75, 3.05) is 0 Å². The first kappa shape index (κ1) is 13.8. The van der Waals surface area contributed by atoms with E-state index >= 15 is 0 Å². The lowest BCUT2D eigenvalue weighted by Gasteiger charge is -2.05. The summed E-state index contributed by atoms with van der Waals surface area (Å²) in [5.74, 6) is 0.855. The molecule has 0 aliphatic rings. The summed E-state index contributed by atoms with van der Waals surface area (Å²) < 4.78 is 1.78. The second kappa shape index (κ2) is 6.10. The highest BCUT2D eigenvalue weighted by molar-refractivity contribution is 7.98. The lowest BCUT2D eigenvalue weighted by atomic mass is 10.2. The molecule has 0 amide bonds. The van der Waals surface area contributed by atoms with Crippen molar-refractivity contribution in [2.45, 2.75) is 24.8 Å². The van der Waals surface area contributed by atoms with E-state index in [0.29, 0.717) is 0 Å². The molecule has 1 heterocycles. The van der Waals surface area contributed by atoms with Crippen LogP contribution in [0.4, 0.5) is 0 Å². The molecule has 0 aliphatic heterocycles. The summed E-state index contributed by atoms with van der Waals surface area (Å²) in [4.78, 5) is 0. The van der Waals surface area contributed by atoms with Crippen LogP contribution in [-0.2, 0) is 5.75 Å². The van der Waals surface area contributed by atoms with Gasteiger partial charge in [0.1, 0.15) is 0 Å². The van der Waals surface area contributed by atoms with Crippen LogP contribution < -0.4 is 0 Å². The molecule has 0 saturated heterocycles. The number of benzene rings is 2. The van der Waals surface area contributed by atoms with Gasteiger partial charge in [-0.2, -0.15) is 4.68 Å². The molecule has 0 radical (unpaired) electrons. The molecule has 0 N–H and O–H groups in total. The van der Waals surface area contributed by atoms with Gasteiger partial charge in [0.05, 0.1) is 5.69 Å². The lowest BCUT2D eigenvalue weighted by Crippen LogP contribution is -1.99. The fraction of sp³-hybridized carbons (Fsp3) is 0.188. The van der Waals surface area contributed by atoms with E-state index in [1.807, 2.05) is 12.1 Å². The van der Waals surface area contributed by atoms with E-state index in [1.54, 1.807) is 16.4 Å². The normalized spacial score (nSPS) is 10.8. The second-order valence-electron chi connectivity index (χ2n) is 4.99. The predicted octanol–water partition coefficient (Wildman–Crippen LogP) is 3.57. The molecule has 0 unspecified atom stereocenters. The minimum Gasteiger partial charge on any atom is -0.188 e. The average molecular weight is 296 g/mol. The fourth-order valence-electron chi connectivity index (χ4n) is 2.07. The summed E-state index contributed by atoms with van der Waals surface area (Å²) in [6, 6.07) is 16.7. The fourth-order valence-corrected chi connectivity index (χ4v) is 2.90. The molecule has 106 valence electrons. The van der Waals surface area contributed by atoms with Crippen LogP contribution in [0, 0.1) is 13.8 Å². The minimum atomic E-state index is 0.806. The van der Waals surface area contributed by atoms with Crippen molar-refractivity contribution in [1.29, 1.82) is 0 Å². The Hall–Kier alpha value is -2.14. The number of aryl methyl sites for hydroxylation is 2. The van der Waals surface area contributed by atoms with Gasteiger partial charge in [-0.1, -0.05) is 59.3 Å². The largest absolute Gasteiger partial charge is 0.214 e. The van der Waals surface area contributed by atoms with Crippen LogP contribution in [-0.4, -0.2) is 20.2 Å². The number of hydrogen-bond donors (Lipinski definition) is 0. The number of aromatic nitrogens is 4. The van der Waals surface area contributed by atoms with E-state index in [4.69, 9.17) is 0 Å². The van der Waals surface area contributed by atoms with Gasteiger partial charge in [-0.25, -0.2) is 0 Å². The Morgan fingerprint density at radius 3 is 2.57 bits per heavy atom. The predicted molar refractivity (Wildman–Crippen MR) is 84.6 cm³/mol. The molecule has 3 aromatic rings. The molecule has 4 nitrogen and oxygen atoms in total. The zero-order chi connectivity index (χ0) is 14.7. The summed E-state index contributed by atoms with van der Waals surface area (Å²) in [6.07, 6.45) is 0. The van der Waals surface area contributed by atoms with Crippen LogP contribution in [0.3, 0.4) is 0 Å². The van der Waals surface area contributed by atoms with Crippen molar-refractivity contribution in [1.82, 2.24) is 20.2 Å². The van der Waals surface area contributed by atoms with E-state index in [-0.39, 0.29) is 0 Å². The standard InChI is InChI=1S/C16H16N4S/c1-12-6-8-15(9-7-12)20-16(17-18-19-20)21-11-14-5-3-4-13(2)10-14/h3-10H,11H2,1-2H3. The van der Waals surface area contributed by atoms with Gasteiger partial charge >= 0.3 is 0 Å². The summed E-state index contributed by atoms with van der Waals surface area (Å²) in [5.41, 5.74) is 4.75. The van der Waals surface area contributed by atoms with E-state index in [0.717, 1.165) is 16.6 Å². The Morgan fingerprint density at radius 1 is 1.00 bits per heavy atom. The first-order valence-electron chi connectivity index (χ1n) is 6.76. The van der Waals surface area contributed by atoms with Crippen LogP contribution in [0.5, 0.6) is 0 Å². The highest BCUT2D eigenvalue weighted by Gasteiger charge is 2.09. The minimum absolute atomic E-state index is 0.806. The number of thioether (sulfide) groups is 1. The number of tetrazole rings is 1. The smallest absolute Gasteiger partial charge is 0.188 e. The van der Waals surface area contributed by atoms with E-state index < -0.39 is 0 Å². The Morgan fingerprint density at radius 2 is 1.81 bits per heavy atom. The summed E-state index contributed by atoms with van der Waals surface area (Å²) in [7, 11) is 0. The molecule has 0 fully saturated rings. The van der Waals surface area contributed by atoms with Crippen molar-refractivity contribution < 1.29 is 0 Å². The van der Waals surface area contributed by atoms with Crippen LogP contribution in [0.15, 0.2) is 53.7 Å². The first-order valence-corrected chi connectivity index (χ1v) is 7.75. The zero-order valence-corrected chi connectivity index (χ0v) is 12.8. The highest BCUT2D eigenvalue weighted by Crippen LogP contribution is 2.22. The monoisotopic (exact) mass is 296 g/mol. The maximum atomic E-state index is 4.12. The quantitative estimate of drug-likeness (QED) is 0.690. The molecule has 5 heteroatoms. The van der Waals surface area contributed by atoms with Crippen molar-refractivity contribution in [2.24, 2.45) is 0 Å². The molecule has 0 aliphatic carbocycles. The molecule has 0 saturated carbocycles. The molecule has 21 heavy (non-hydrogen) atoms. The van der Waals surface area contributed by atoms with E-state index in [2.05, 4.69) is 65.8 Å². The Kier molecular flexibility index (Phi) is 4.01. The average Bonchev–Trinajstić information content (AvgIpc) is 2.94. The van der Waals surface area contributed by atoms with Crippen LogP contribution in [0.25, 0.3) is 5.69 Å². The lowest BCUT2D eigenvalue weighted by molar-refractivity contribution is 0.756. The molecule has 0 bridgehead atoms. The maximum Gasteiger partial charge on any atom is 0.214 e. The third-order valence-corrected chi connectivity index (χ3v) is 4.16. The summed E-state index contributed by atoms with van der Waals surface area (Å²) in [6.45, 7) is 4.17. The van der Waals surface area contributed by atoms with Gasteiger partial charge < -0.3 is 0 Å². The van der Waals surface area contributed by atoms with Gasteiger partial charge in [-0.15, -0.1) is 5.10 Å². The SMILES string of the molecule is Cc1ccc(-n2nnnc2SCc2cccc(C)c2)cc1. The van der Waals surface area contributed by atoms with Crippen LogP contribution >= 0.6 is 11.8 Å². The van der Waals surface area contributed by atoms with Gasteiger partial charge in [0.25, 0.3) is 0 Å². The maximum absolute atomic E-state index is 4.12. The second-order valence-corrected chi connectivity index (χ2v) is 5.93. The third-order valence-electron chi connectivity index (χ3n) is 3.17. The number of nitrogens with zero attached hydrogens (tertiary/aromatic N) is 4. The molecule has 2 aromatic carbocycles. The molecular weight excluding hydrogens is 280 g/mol. The van der Waals surface area contributed by atoms with Crippen LogP contribution in [0.1, 0.15) is 16.7 Å². The van der Waals surface area contributed by atoms with Crippen molar-refractivity contribution in [3.8, 4) is 5.69 Å². The van der Waals surface area contributed by atoms with Crippen molar-refractivity contribution in [3.05, 3.63) is 65.2 Å². The summed E-state index contributed by atoms with van der Waals surface area (Å²) in [5, 5.41) is 12.8. The van der Waals surface area contributed by atoms with Gasteiger partial charge in [-0.05, 0) is 42.0 Å². The Bertz CT molecular complexity index is 734. The molecule has 1 aromatic heterocycles. The van der Waals surface area contributed by atoms with Gasteiger partial charge in [-0.3, -0.25) is 0 Å². The van der Waals surface area contributed by atoms with Crippen molar-refractivity contribution in [3.63, 3.8) is 0 Å². The molecular formula is C16H16N4S. The topological polar surface area (TPSA) is 43.6 Å². The van der Waals surface area contributed by atoms with Gasteiger partial charge in [0.2, 0.25) is 5.16 Å². The van der Waals surface area contributed by atoms with Crippen LogP contribution in [0.2, 0.25) is 0 Å². The molecule has 0 atom stereocenters. The highest BCUT2D eigenvalue weighted by atomic mass is 32.2. The van der Waals surface area contributed by atoms with Crippen molar-refractivity contribution >= 4 is 11.8 Å². The first-order chi connectivity index (χ1) is 10.2. The molecule has 3 rings (SSSR count).